The number of rotatable bonds is 7. The lowest BCUT2D eigenvalue weighted by atomic mass is 9.96. The van der Waals surface area contributed by atoms with Crippen molar-refractivity contribution in [3.63, 3.8) is 0 Å². The van der Waals surface area contributed by atoms with Crippen molar-refractivity contribution in [2.24, 2.45) is 4.99 Å². The molecule has 10 heteroatoms. The zero-order valence-electron chi connectivity index (χ0n) is 18.0. The number of nitrogens with zero attached hydrogens (tertiary/aromatic N) is 2. The number of sulfonamides is 1. The number of fused-ring (bicyclic) bond motifs is 2. The van der Waals surface area contributed by atoms with Crippen LogP contribution in [0.25, 0.3) is 0 Å². The second-order valence-corrected chi connectivity index (χ2v) is 10.1. The highest BCUT2D eigenvalue weighted by Gasteiger charge is 2.41. The van der Waals surface area contributed by atoms with E-state index in [0.29, 0.717) is 45.0 Å². The van der Waals surface area contributed by atoms with E-state index >= 15 is 0 Å². The van der Waals surface area contributed by atoms with Crippen molar-refractivity contribution in [1.82, 2.24) is 14.9 Å². The van der Waals surface area contributed by atoms with Gasteiger partial charge >= 0.3 is 0 Å². The van der Waals surface area contributed by atoms with E-state index in [-0.39, 0.29) is 35.8 Å². The molecule has 3 atom stereocenters. The topological polar surface area (TPSA) is 92.3 Å². The van der Waals surface area contributed by atoms with E-state index in [4.69, 9.17) is 14.5 Å². The normalized spacial score (nSPS) is 26.5. The molecule has 0 saturated carbocycles. The van der Waals surface area contributed by atoms with Crippen LogP contribution in [0.3, 0.4) is 0 Å². The molecule has 1 aromatic rings. The zero-order chi connectivity index (χ0) is 21.0. The first kappa shape index (κ1) is 24.7. The molecule has 1 aromatic carbocycles. The second kappa shape index (κ2) is 11.3. The number of hydrogen-bond donors (Lipinski definition) is 2. The van der Waals surface area contributed by atoms with Gasteiger partial charge in [0.15, 0.2) is 5.96 Å². The van der Waals surface area contributed by atoms with E-state index in [1.165, 1.54) is 4.31 Å². The number of ether oxygens (including phenoxy) is 2. The van der Waals surface area contributed by atoms with Gasteiger partial charge in [-0.3, -0.25) is 0 Å². The van der Waals surface area contributed by atoms with E-state index in [0.717, 1.165) is 42.9 Å². The summed E-state index contributed by atoms with van der Waals surface area (Å²) in [6, 6.07) is 7.94. The minimum Gasteiger partial charge on any atom is -0.379 e. The summed E-state index contributed by atoms with van der Waals surface area (Å²) in [7, 11) is -3.38. The highest BCUT2D eigenvalue weighted by atomic mass is 127. The third-order valence-corrected chi connectivity index (χ3v) is 7.83. The van der Waals surface area contributed by atoms with Crippen molar-refractivity contribution < 1.29 is 17.9 Å². The predicted octanol–water partition coefficient (Wildman–Crippen LogP) is 1.84. The molecule has 0 spiro atoms. The average Bonchev–Trinajstić information content (AvgIpc) is 3.37. The number of morpholine rings is 1. The van der Waals surface area contributed by atoms with Gasteiger partial charge in [-0.1, -0.05) is 24.3 Å². The molecule has 2 bridgehead atoms. The lowest BCUT2D eigenvalue weighted by Crippen LogP contribution is -2.47. The molecule has 0 amide bonds. The van der Waals surface area contributed by atoms with Gasteiger partial charge in [0.25, 0.3) is 0 Å². The molecule has 3 heterocycles. The standard InChI is InChI=1S/C21H32N4O4S.HI/c1-2-22-21(24-19-13-18-7-8-20(19)29-18)23-14-16-5-3-4-6-17(16)15-30(26,27)25-9-11-28-12-10-25;/h3-6,18-20H,2,7-15H2,1H3,(H2,22,23,24);1H. The minimum absolute atomic E-state index is 0. The summed E-state index contributed by atoms with van der Waals surface area (Å²) in [5.74, 6) is 0.743. The lowest BCUT2D eigenvalue weighted by molar-refractivity contribution is 0.0729. The van der Waals surface area contributed by atoms with Crippen molar-refractivity contribution in [2.75, 3.05) is 32.8 Å². The summed E-state index contributed by atoms with van der Waals surface area (Å²) < 4.78 is 38.4. The van der Waals surface area contributed by atoms with Crippen LogP contribution in [0.1, 0.15) is 37.3 Å². The summed E-state index contributed by atoms with van der Waals surface area (Å²) in [5.41, 5.74) is 1.72. The Morgan fingerprint density at radius 3 is 2.58 bits per heavy atom. The van der Waals surface area contributed by atoms with E-state index < -0.39 is 10.0 Å². The van der Waals surface area contributed by atoms with E-state index in [1.807, 2.05) is 31.2 Å². The van der Waals surface area contributed by atoms with Crippen LogP contribution >= 0.6 is 24.0 Å². The minimum atomic E-state index is -3.38. The molecule has 4 rings (SSSR count). The number of hydrogen-bond acceptors (Lipinski definition) is 5. The molecule has 0 radical (unpaired) electrons. The Kier molecular flexibility index (Phi) is 8.97. The summed E-state index contributed by atoms with van der Waals surface area (Å²) in [6.07, 6.45) is 3.92. The third kappa shape index (κ3) is 6.31. The summed E-state index contributed by atoms with van der Waals surface area (Å²) in [4.78, 5) is 4.74. The maximum atomic E-state index is 12.8. The molecule has 3 fully saturated rings. The molecule has 3 unspecified atom stereocenters. The Morgan fingerprint density at radius 2 is 1.94 bits per heavy atom. The molecule has 3 saturated heterocycles. The molecule has 3 aliphatic rings. The van der Waals surface area contributed by atoms with E-state index in [9.17, 15) is 8.42 Å². The molecule has 31 heavy (non-hydrogen) atoms. The molecule has 8 nitrogen and oxygen atoms in total. The Morgan fingerprint density at radius 1 is 1.19 bits per heavy atom. The Bertz CT molecular complexity index is 861. The smallest absolute Gasteiger partial charge is 0.218 e. The van der Waals surface area contributed by atoms with Gasteiger partial charge in [-0.25, -0.2) is 13.4 Å². The van der Waals surface area contributed by atoms with Crippen LogP contribution in [0, 0.1) is 0 Å². The highest BCUT2D eigenvalue weighted by Crippen LogP contribution is 2.34. The van der Waals surface area contributed by atoms with Crippen LogP contribution in [0.15, 0.2) is 29.3 Å². The van der Waals surface area contributed by atoms with Crippen molar-refractivity contribution in [2.45, 2.75) is 56.7 Å². The summed E-state index contributed by atoms with van der Waals surface area (Å²) >= 11 is 0. The molecular weight excluding hydrogens is 531 g/mol. The summed E-state index contributed by atoms with van der Waals surface area (Å²) in [6.45, 7) is 4.97. The van der Waals surface area contributed by atoms with Crippen LogP contribution in [0.4, 0.5) is 0 Å². The quantitative estimate of drug-likeness (QED) is 0.299. The van der Waals surface area contributed by atoms with Gasteiger partial charge in [-0.15, -0.1) is 24.0 Å². The van der Waals surface area contributed by atoms with Crippen LogP contribution in [-0.4, -0.2) is 69.8 Å². The molecule has 2 N–H and O–H groups in total. The Hall–Kier alpha value is -0.950. The maximum absolute atomic E-state index is 12.8. The fourth-order valence-corrected chi connectivity index (χ4v) is 5.98. The number of aliphatic imine (C=N–C) groups is 1. The van der Waals surface area contributed by atoms with Gasteiger partial charge in [-0.05, 0) is 37.3 Å². The number of guanidine groups is 1. The fourth-order valence-electron chi connectivity index (χ4n) is 4.41. The van der Waals surface area contributed by atoms with Crippen molar-refractivity contribution in [1.29, 1.82) is 0 Å². The first-order valence-corrected chi connectivity index (χ1v) is 12.5. The zero-order valence-corrected chi connectivity index (χ0v) is 21.1. The maximum Gasteiger partial charge on any atom is 0.218 e. The van der Waals surface area contributed by atoms with Crippen LogP contribution < -0.4 is 10.6 Å². The predicted molar refractivity (Wildman–Crippen MR) is 131 cm³/mol. The number of benzene rings is 1. The molecule has 3 aliphatic heterocycles. The van der Waals surface area contributed by atoms with Crippen molar-refractivity contribution in [3.05, 3.63) is 35.4 Å². The SMILES string of the molecule is CCNC(=NCc1ccccc1CS(=O)(=O)N1CCOCC1)NC1CC2CCC1O2.I. The first-order chi connectivity index (χ1) is 14.5. The van der Waals surface area contributed by atoms with Gasteiger partial charge in [0, 0.05) is 19.6 Å². The van der Waals surface area contributed by atoms with Gasteiger partial charge in [0.05, 0.1) is 43.8 Å². The number of nitrogens with one attached hydrogen (secondary N) is 2. The molecule has 0 aromatic heterocycles. The van der Waals surface area contributed by atoms with Gasteiger partial charge in [-0.2, -0.15) is 4.31 Å². The largest absolute Gasteiger partial charge is 0.379 e. The Balaban J connectivity index is 0.00000272. The molecule has 174 valence electrons. The van der Waals surface area contributed by atoms with Crippen molar-refractivity contribution >= 4 is 40.0 Å². The lowest BCUT2D eigenvalue weighted by Gasteiger charge is -2.26. The fraction of sp³-hybridized carbons (Fsp3) is 0.667. The Labute approximate surface area is 202 Å². The van der Waals surface area contributed by atoms with E-state index in [1.54, 1.807) is 0 Å². The van der Waals surface area contributed by atoms with Gasteiger partial charge in [0.2, 0.25) is 10.0 Å². The summed E-state index contributed by atoms with van der Waals surface area (Å²) in [5, 5.41) is 6.81. The van der Waals surface area contributed by atoms with E-state index in [2.05, 4.69) is 10.6 Å². The first-order valence-electron chi connectivity index (χ1n) is 10.9. The van der Waals surface area contributed by atoms with Crippen molar-refractivity contribution in [3.8, 4) is 0 Å². The third-order valence-electron chi connectivity index (χ3n) is 6.00. The highest BCUT2D eigenvalue weighted by molar-refractivity contribution is 14.0. The molecule has 0 aliphatic carbocycles. The number of halogens is 1. The van der Waals surface area contributed by atoms with Gasteiger partial charge < -0.3 is 20.1 Å². The van der Waals surface area contributed by atoms with Gasteiger partial charge in [0.1, 0.15) is 0 Å². The monoisotopic (exact) mass is 564 g/mol. The van der Waals surface area contributed by atoms with Crippen LogP contribution in [0.2, 0.25) is 0 Å². The van der Waals surface area contributed by atoms with Crippen LogP contribution in [0.5, 0.6) is 0 Å². The average molecular weight is 564 g/mol. The molecular formula is C21H33IN4O4S. The van der Waals surface area contributed by atoms with Crippen LogP contribution in [-0.2, 0) is 31.8 Å². The second-order valence-electron chi connectivity index (χ2n) is 8.09.